The standard InChI is InChI=1S/C9H18NO3.ClH/c1-5-9(11)13-10(12,6-2)7-8(3)4;/h5,8,12H,1,6-7H2,2-4H3;1H/q+1;/p-1. The number of hydroxylamine groups is 4. The van der Waals surface area contributed by atoms with E-state index in [0.717, 1.165) is 6.08 Å². The van der Waals surface area contributed by atoms with Crippen molar-refractivity contribution in [3.05, 3.63) is 12.7 Å². The molecule has 0 rings (SSSR count). The first kappa shape index (κ1) is 15.9. The van der Waals surface area contributed by atoms with Gasteiger partial charge in [0.05, 0.1) is 0 Å². The van der Waals surface area contributed by atoms with Gasteiger partial charge in [-0.1, -0.05) is 20.4 Å². The smallest absolute Gasteiger partial charge is 0.394 e. The Morgan fingerprint density at radius 2 is 2.14 bits per heavy atom. The summed E-state index contributed by atoms with van der Waals surface area (Å²) in [5.74, 6) is -0.354. The van der Waals surface area contributed by atoms with Crippen LogP contribution in [-0.2, 0) is 9.63 Å². The third kappa shape index (κ3) is 5.96. The fourth-order valence-electron chi connectivity index (χ4n) is 1.01. The molecule has 0 aliphatic carbocycles. The molecule has 0 aliphatic rings. The van der Waals surface area contributed by atoms with Crippen molar-refractivity contribution in [2.24, 2.45) is 5.92 Å². The molecular formula is C9H18ClNO3. The van der Waals surface area contributed by atoms with E-state index in [-0.39, 0.29) is 18.3 Å². The highest BCUT2D eigenvalue weighted by atomic mass is 35.5. The summed E-state index contributed by atoms with van der Waals surface area (Å²) in [5, 5.41) is 9.74. The molecule has 14 heavy (non-hydrogen) atoms. The first-order valence-corrected chi connectivity index (χ1v) is 4.39. The van der Waals surface area contributed by atoms with Crippen molar-refractivity contribution in [3.8, 4) is 0 Å². The van der Waals surface area contributed by atoms with Crippen molar-refractivity contribution in [3.63, 3.8) is 0 Å². The number of carbonyl (C=O) groups excluding carboxylic acids is 1. The van der Waals surface area contributed by atoms with Crippen molar-refractivity contribution < 1.29 is 32.1 Å². The topological polar surface area (TPSA) is 46.5 Å². The lowest BCUT2D eigenvalue weighted by molar-refractivity contribution is -1.23. The van der Waals surface area contributed by atoms with Crippen molar-refractivity contribution >= 4 is 5.97 Å². The van der Waals surface area contributed by atoms with E-state index in [1.807, 2.05) is 13.8 Å². The Labute approximate surface area is 91.1 Å². The lowest BCUT2D eigenvalue weighted by atomic mass is 10.2. The Balaban J connectivity index is 0. The van der Waals surface area contributed by atoms with Gasteiger partial charge < -0.3 is 12.4 Å². The molecule has 0 spiro atoms. The Bertz CT molecular complexity index is 196. The van der Waals surface area contributed by atoms with Gasteiger partial charge >= 0.3 is 5.97 Å². The number of rotatable bonds is 5. The molecule has 1 unspecified atom stereocenters. The van der Waals surface area contributed by atoms with Gasteiger partial charge in [0, 0.05) is 16.8 Å². The van der Waals surface area contributed by atoms with E-state index in [0.29, 0.717) is 13.1 Å². The summed E-state index contributed by atoms with van der Waals surface area (Å²) in [6.07, 6.45) is 1.04. The van der Waals surface area contributed by atoms with Crippen LogP contribution in [0.1, 0.15) is 20.8 Å². The molecule has 0 aromatic rings. The fraction of sp³-hybridized carbons (Fsp3) is 0.667. The second kappa shape index (κ2) is 6.81. The molecule has 0 saturated heterocycles. The minimum atomic E-state index is -0.678. The zero-order valence-corrected chi connectivity index (χ0v) is 9.62. The van der Waals surface area contributed by atoms with Gasteiger partial charge in [0.2, 0.25) is 0 Å². The van der Waals surface area contributed by atoms with Crippen LogP contribution < -0.4 is 12.4 Å². The van der Waals surface area contributed by atoms with Gasteiger partial charge in [0.1, 0.15) is 6.54 Å². The van der Waals surface area contributed by atoms with Crippen molar-refractivity contribution in [2.75, 3.05) is 13.1 Å². The second-order valence-corrected chi connectivity index (χ2v) is 3.35. The van der Waals surface area contributed by atoms with E-state index in [2.05, 4.69) is 6.58 Å². The maximum Gasteiger partial charge on any atom is 0.394 e. The van der Waals surface area contributed by atoms with Crippen molar-refractivity contribution in [1.82, 2.24) is 0 Å². The molecule has 0 fully saturated rings. The molecule has 5 heteroatoms. The molecule has 0 bridgehead atoms. The van der Waals surface area contributed by atoms with E-state index in [1.165, 1.54) is 0 Å². The maximum absolute atomic E-state index is 10.9. The van der Waals surface area contributed by atoms with E-state index in [9.17, 15) is 10.0 Å². The number of hydrogen-bond donors (Lipinski definition) is 1. The largest absolute Gasteiger partial charge is 1.00 e. The highest BCUT2D eigenvalue weighted by molar-refractivity contribution is 5.80. The van der Waals surface area contributed by atoms with Crippen LogP contribution in [0.15, 0.2) is 12.7 Å². The van der Waals surface area contributed by atoms with Crippen LogP contribution in [0.25, 0.3) is 0 Å². The molecule has 0 aromatic heterocycles. The highest BCUT2D eigenvalue weighted by Gasteiger charge is 2.29. The fourth-order valence-corrected chi connectivity index (χ4v) is 1.01. The van der Waals surface area contributed by atoms with Gasteiger partial charge in [-0.05, 0) is 6.92 Å². The summed E-state index contributed by atoms with van der Waals surface area (Å²) in [4.78, 5) is 15.0. The lowest BCUT2D eigenvalue weighted by Gasteiger charge is -2.25. The lowest BCUT2D eigenvalue weighted by Crippen LogP contribution is -3.00. The number of hydrogen-bond acceptors (Lipinski definition) is 3. The van der Waals surface area contributed by atoms with E-state index in [4.69, 9.17) is 4.84 Å². The SMILES string of the molecule is C=CC(=O)O[N+](O)(CC)CC(C)C.[Cl-]. The van der Waals surface area contributed by atoms with E-state index >= 15 is 0 Å². The van der Waals surface area contributed by atoms with E-state index < -0.39 is 10.8 Å². The van der Waals surface area contributed by atoms with Crippen LogP contribution in [0.4, 0.5) is 0 Å². The second-order valence-electron chi connectivity index (χ2n) is 3.35. The number of halogens is 1. The predicted molar refractivity (Wildman–Crippen MR) is 48.6 cm³/mol. The highest BCUT2D eigenvalue weighted by Crippen LogP contribution is 2.08. The third-order valence-electron chi connectivity index (χ3n) is 1.57. The minimum absolute atomic E-state index is 0. The molecule has 4 nitrogen and oxygen atoms in total. The molecule has 0 aromatic carbocycles. The average Bonchev–Trinajstić information content (AvgIpc) is 2.02. The summed E-state index contributed by atoms with van der Waals surface area (Å²) < 4.78 is 0. The van der Waals surface area contributed by atoms with E-state index in [1.54, 1.807) is 6.92 Å². The predicted octanol–water partition coefficient (Wildman–Crippen LogP) is -1.48. The summed E-state index contributed by atoms with van der Waals surface area (Å²) in [6, 6.07) is 0. The first-order chi connectivity index (χ1) is 5.93. The van der Waals surface area contributed by atoms with Crippen molar-refractivity contribution in [2.45, 2.75) is 20.8 Å². The molecule has 0 radical (unpaired) electrons. The van der Waals surface area contributed by atoms with Crippen LogP contribution in [0.3, 0.4) is 0 Å². The van der Waals surface area contributed by atoms with Crippen LogP contribution >= 0.6 is 0 Å². The molecule has 84 valence electrons. The van der Waals surface area contributed by atoms with Gasteiger partial charge in [0.15, 0.2) is 6.54 Å². The Morgan fingerprint density at radius 1 is 1.64 bits per heavy atom. The summed E-state index contributed by atoms with van der Waals surface area (Å²) in [7, 11) is 0. The number of quaternary nitrogens is 1. The van der Waals surface area contributed by atoms with Gasteiger partial charge in [0.25, 0.3) is 0 Å². The van der Waals surface area contributed by atoms with Gasteiger partial charge in [-0.25, -0.2) is 9.63 Å². The van der Waals surface area contributed by atoms with Crippen molar-refractivity contribution in [1.29, 1.82) is 0 Å². The quantitative estimate of drug-likeness (QED) is 0.351. The van der Waals surface area contributed by atoms with Crippen LogP contribution in [0.5, 0.6) is 0 Å². The van der Waals surface area contributed by atoms with Gasteiger partial charge in [-0.15, -0.1) is 0 Å². The molecule has 0 saturated carbocycles. The average molecular weight is 224 g/mol. The molecular weight excluding hydrogens is 206 g/mol. The molecule has 0 heterocycles. The molecule has 0 amide bonds. The zero-order valence-electron chi connectivity index (χ0n) is 8.86. The van der Waals surface area contributed by atoms with Gasteiger partial charge in [-0.2, -0.15) is 5.21 Å². The summed E-state index contributed by atoms with van der Waals surface area (Å²) in [6.45, 7) is 9.62. The monoisotopic (exact) mass is 223 g/mol. The van der Waals surface area contributed by atoms with Crippen LogP contribution in [0.2, 0.25) is 0 Å². The molecule has 1 N–H and O–H groups in total. The normalized spacial score (nSPS) is 14.1. The Hall–Kier alpha value is -0.580. The minimum Gasteiger partial charge on any atom is -1.00 e. The van der Waals surface area contributed by atoms with Crippen LogP contribution in [0, 0.1) is 5.92 Å². The van der Waals surface area contributed by atoms with Gasteiger partial charge in [-0.3, -0.25) is 0 Å². The first-order valence-electron chi connectivity index (χ1n) is 4.39. The molecule has 1 atom stereocenters. The summed E-state index contributed by atoms with van der Waals surface area (Å²) >= 11 is 0. The molecule has 0 aliphatic heterocycles. The summed E-state index contributed by atoms with van der Waals surface area (Å²) in [5.41, 5.74) is 0. The number of nitrogens with zero attached hydrogens (tertiary/aromatic N) is 1. The maximum atomic E-state index is 10.9. The third-order valence-corrected chi connectivity index (χ3v) is 1.57. The number of carbonyl (C=O) groups is 1. The van der Waals surface area contributed by atoms with Crippen LogP contribution in [-0.4, -0.2) is 29.1 Å². The Morgan fingerprint density at radius 3 is 2.43 bits per heavy atom. The zero-order chi connectivity index (χ0) is 10.5. The Kier molecular flexibility index (Phi) is 7.72.